The van der Waals surface area contributed by atoms with Crippen LogP contribution in [0.25, 0.3) is 0 Å². The molecule has 1 saturated heterocycles. The summed E-state index contributed by atoms with van der Waals surface area (Å²) in [5, 5.41) is 19.9. The molecule has 1 aliphatic carbocycles. The van der Waals surface area contributed by atoms with Gasteiger partial charge in [0.15, 0.2) is 18.4 Å². The smallest absolute Gasteiger partial charge is 0.353 e. The van der Waals surface area contributed by atoms with Gasteiger partial charge in [0.2, 0.25) is 5.91 Å². The minimum Gasteiger partial charge on any atom is -0.477 e. The summed E-state index contributed by atoms with van der Waals surface area (Å²) < 4.78 is 2.23. The lowest BCUT2D eigenvalue weighted by Gasteiger charge is -2.44. The fourth-order valence-electron chi connectivity index (χ4n) is 4.71. The zero-order valence-electron chi connectivity index (χ0n) is 15.3. The van der Waals surface area contributed by atoms with Gasteiger partial charge in [-0.2, -0.15) is 0 Å². The summed E-state index contributed by atoms with van der Waals surface area (Å²) in [6, 6.07) is 6.15. The number of thioether (sulfide) groups is 1. The molecule has 1 aromatic rings. The van der Waals surface area contributed by atoms with Crippen LogP contribution in [0, 0.1) is 5.92 Å². The summed E-state index contributed by atoms with van der Waals surface area (Å²) in [6.07, 6.45) is 8.36. The van der Waals surface area contributed by atoms with Crippen molar-refractivity contribution < 1.29 is 24.4 Å². The molecule has 1 saturated carbocycles. The minimum absolute atomic E-state index is 0.134. The number of aliphatic hydroxyl groups excluding tert-OH is 1. The highest BCUT2D eigenvalue weighted by atomic mass is 32.2. The number of amides is 1. The van der Waals surface area contributed by atoms with Crippen LogP contribution < -0.4 is 4.57 Å². The highest BCUT2D eigenvalue weighted by Gasteiger charge is 2.57. The molecule has 5 atom stereocenters. The predicted octanol–water partition coefficient (Wildman–Crippen LogP) is 2.10. The van der Waals surface area contributed by atoms with Crippen LogP contribution >= 0.6 is 11.8 Å². The van der Waals surface area contributed by atoms with Gasteiger partial charge < -0.3 is 15.1 Å². The van der Waals surface area contributed by atoms with Crippen molar-refractivity contribution in [2.75, 3.05) is 0 Å². The van der Waals surface area contributed by atoms with Gasteiger partial charge in [-0.05, 0) is 19.8 Å². The molecule has 0 bridgehead atoms. The second-order valence-corrected chi connectivity index (χ2v) is 8.99. The van der Waals surface area contributed by atoms with E-state index in [1.54, 1.807) is 18.7 Å². The maximum atomic E-state index is 12.4. The summed E-state index contributed by atoms with van der Waals surface area (Å²) >= 11 is 1.63. The molecule has 0 spiro atoms. The first-order valence-corrected chi connectivity index (χ1v) is 10.5. The maximum Gasteiger partial charge on any atom is 0.353 e. The van der Waals surface area contributed by atoms with E-state index >= 15 is 0 Å². The molecule has 1 aromatic heterocycles. The number of aromatic nitrogens is 1. The largest absolute Gasteiger partial charge is 0.477 e. The standard InChI is InChI=1S/C20H24N2O4S/c1-12(23)17-14-11-16(18(20(25)26)22(14)19(17)24)27-15-8-4-3-7-13(15)21-9-5-2-6-10-21/h2,5-6,9-10,12-15,17,23H,3-4,7-8,11H2,1H3/p+1/t12-,13-,14-,15-,17-/m1/s1. The van der Waals surface area contributed by atoms with Crippen molar-refractivity contribution >= 4 is 23.6 Å². The first-order valence-electron chi connectivity index (χ1n) is 9.59. The van der Waals surface area contributed by atoms with Gasteiger partial charge in [-0.15, -0.1) is 11.8 Å². The van der Waals surface area contributed by atoms with Gasteiger partial charge in [-0.25, -0.2) is 9.36 Å². The molecule has 0 aromatic carbocycles. The molecule has 0 radical (unpaired) electrons. The van der Waals surface area contributed by atoms with Crippen LogP contribution in [0.4, 0.5) is 0 Å². The average molecular weight is 389 g/mol. The quantitative estimate of drug-likeness (QED) is 0.595. The third kappa shape index (κ3) is 3.17. The minimum atomic E-state index is -1.04. The number of carboxylic acid groups (broad SMARTS) is 1. The fourth-order valence-corrected chi connectivity index (χ4v) is 6.36. The van der Waals surface area contributed by atoms with Crippen LogP contribution in [0.5, 0.6) is 0 Å². The zero-order chi connectivity index (χ0) is 19.1. The van der Waals surface area contributed by atoms with Crippen molar-refractivity contribution in [2.24, 2.45) is 5.92 Å². The lowest BCUT2D eigenvalue weighted by atomic mass is 9.83. The van der Waals surface area contributed by atoms with Gasteiger partial charge in [0.1, 0.15) is 5.70 Å². The highest BCUT2D eigenvalue weighted by Crippen LogP contribution is 2.50. The number of hydrogen-bond donors (Lipinski definition) is 2. The number of carbonyl (C=O) groups is 2. The fraction of sp³-hybridized carbons (Fsp3) is 0.550. The van der Waals surface area contributed by atoms with Crippen LogP contribution in [-0.2, 0) is 9.59 Å². The normalized spacial score (nSPS) is 31.5. The Morgan fingerprint density at radius 2 is 1.96 bits per heavy atom. The van der Waals surface area contributed by atoms with Gasteiger partial charge in [0.25, 0.3) is 0 Å². The number of nitrogens with zero attached hydrogens (tertiary/aromatic N) is 2. The van der Waals surface area contributed by atoms with E-state index in [0.717, 1.165) is 24.2 Å². The Balaban J connectivity index is 1.59. The summed E-state index contributed by atoms with van der Waals surface area (Å²) in [5.74, 6) is -1.79. The number of pyridine rings is 1. The number of aliphatic carboxylic acids is 1. The van der Waals surface area contributed by atoms with E-state index in [1.807, 2.05) is 18.2 Å². The Morgan fingerprint density at radius 1 is 1.26 bits per heavy atom. The van der Waals surface area contributed by atoms with Gasteiger partial charge in [-0.1, -0.05) is 12.5 Å². The first-order chi connectivity index (χ1) is 13.0. The van der Waals surface area contributed by atoms with Crippen LogP contribution in [0.1, 0.15) is 45.1 Å². The van der Waals surface area contributed by atoms with E-state index in [9.17, 15) is 19.8 Å². The second-order valence-electron chi connectivity index (χ2n) is 7.65. The molecular weight excluding hydrogens is 364 g/mol. The number of rotatable bonds is 5. The van der Waals surface area contributed by atoms with Crippen molar-refractivity contribution in [3.05, 3.63) is 41.2 Å². The molecule has 6 nitrogen and oxygen atoms in total. The summed E-state index contributed by atoms with van der Waals surface area (Å²) in [6.45, 7) is 1.61. The summed E-state index contributed by atoms with van der Waals surface area (Å²) in [4.78, 5) is 26.5. The van der Waals surface area contributed by atoms with Gasteiger partial charge in [-0.3, -0.25) is 4.79 Å². The second kappa shape index (κ2) is 7.28. The van der Waals surface area contributed by atoms with E-state index < -0.39 is 18.0 Å². The van der Waals surface area contributed by atoms with Crippen LogP contribution in [-0.4, -0.2) is 44.4 Å². The van der Waals surface area contributed by atoms with Crippen LogP contribution in [0.15, 0.2) is 41.2 Å². The average Bonchev–Trinajstić information content (AvgIpc) is 2.97. The summed E-state index contributed by atoms with van der Waals surface area (Å²) in [7, 11) is 0. The van der Waals surface area contributed by atoms with E-state index in [-0.39, 0.29) is 22.9 Å². The van der Waals surface area contributed by atoms with Crippen molar-refractivity contribution in [2.45, 2.75) is 62.5 Å². The Labute approximate surface area is 162 Å². The number of carboxylic acids is 1. The number of hydrogen-bond acceptors (Lipinski definition) is 4. The first kappa shape index (κ1) is 18.5. The molecule has 0 unspecified atom stereocenters. The van der Waals surface area contributed by atoms with E-state index in [0.29, 0.717) is 12.5 Å². The van der Waals surface area contributed by atoms with Crippen LogP contribution in [0.3, 0.4) is 0 Å². The third-order valence-electron chi connectivity index (χ3n) is 5.97. The molecule has 7 heteroatoms. The van der Waals surface area contributed by atoms with Crippen molar-refractivity contribution in [1.82, 2.24) is 4.90 Å². The summed E-state index contributed by atoms with van der Waals surface area (Å²) in [5.41, 5.74) is 0.134. The van der Waals surface area contributed by atoms with Gasteiger partial charge in [0.05, 0.1) is 23.3 Å². The zero-order valence-corrected chi connectivity index (χ0v) is 16.1. The van der Waals surface area contributed by atoms with Crippen molar-refractivity contribution in [3.63, 3.8) is 0 Å². The maximum absolute atomic E-state index is 12.4. The number of carbonyl (C=O) groups excluding carboxylic acids is 1. The molecule has 2 N–H and O–H groups in total. The van der Waals surface area contributed by atoms with Crippen molar-refractivity contribution in [3.8, 4) is 0 Å². The molecule has 4 rings (SSSR count). The van der Waals surface area contributed by atoms with Crippen molar-refractivity contribution in [1.29, 1.82) is 0 Å². The molecule has 144 valence electrons. The highest BCUT2D eigenvalue weighted by molar-refractivity contribution is 8.03. The predicted molar refractivity (Wildman–Crippen MR) is 101 cm³/mol. The molecule has 2 aliphatic heterocycles. The molecule has 3 aliphatic rings. The lowest BCUT2D eigenvalue weighted by molar-refractivity contribution is -0.724. The molecular formula is C20H25N2O4S+. The number of β-lactam (4-membered cyclic amide) rings is 1. The number of fused-ring (bicyclic) bond motifs is 1. The van der Waals surface area contributed by atoms with E-state index in [1.165, 1.54) is 11.3 Å². The van der Waals surface area contributed by atoms with Crippen LogP contribution in [0.2, 0.25) is 0 Å². The monoisotopic (exact) mass is 389 g/mol. The van der Waals surface area contributed by atoms with Gasteiger partial charge >= 0.3 is 5.97 Å². The molecule has 2 fully saturated rings. The SMILES string of the molecule is C[C@@H](O)[C@H]1C(=O)N2C(C(=O)O)=C(S[C@@H]3CCCC[C@H]3[n+]3ccccc3)C[C@H]12. The Kier molecular flexibility index (Phi) is 4.99. The molecule has 3 heterocycles. The topological polar surface area (TPSA) is 81.7 Å². The van der Waals surface area contributed by atoms with E-state index in [2.05, 4.69) is 17.0 Å². The Bertz CT molecular complexity index is 779. The number of aliphatic hydroxyl groups is 1. The van der Waals surface area contributed by atoms with Gasteiger partial charge in [0, 0.05) is 29.9 Å². The van der Waals surface area contributed by atoms with E-state index in [4.69, 9.17) is 0 Å². The Morgan fingerprint density at radius 3 is 2.63 bits per heavy atom. The molecule has 27 heavy (non-hydrogen) atoms. The Hall–Kier alpha value is -1.86. The third-order valence-corrected chi connectivity index (χ3v) is 7.47. The lowest BCUT2D eigenvalue weighted by Crippen LogP contribution is -2.61. The molecule has 1 amide bonds.